The van der Waals surface area contributed by atoms with Crippen LogP contribution in [0.3, 0.4) is 0 Å². The van der Waals surface area contributed by atoms with Gasteiger partial charge >= 0.3 is 0 Å². The van der Waals surface area contributed by atoms with E-state index in [4.69, 9.17) is 0 Å². The third-order valence-electron chi connectivity index (χ3n) is 1.42. The Morgan fingerprint density at radius 2 is 1.67 bits per heavy atom. The summed E-state index contributed by atoms with van der Waals surface area (Å²) in [5.41, 5.74) is 3.21. The first kappa shape index (κ1) is 4.09. The third kappa shape index (κ3) is 0.420. The van der Waals surface area contributed by atoms with Crippen molar-refractivity contribution in [1.82, 2.24) is 5.43 Å². The Morgan fingerprint density at radius 3 is 1.67 bits per heavy atom. The highest BCUT2D eigenvalue weighted by Gasteiger charge is 2.42. The molecule has 1 fully saturated rings. The van der Waals surface area contributed by atoms with Crippen molar-refractivity contribution in [3.63, 3.8) is 0 Å². The van der Waals surface area contributed by atoms with E-state index < -0.39 is 0 Å². The fourth-order valence-corrected chi connectivity index (χ4v) is 0.448. The second-order valence-corrected chi connectivity index (χ2v) is 2.34. The van der Waals surface area contributed by atoms with Gasteiger partial charge in [-0.3, -0.25) is 0 Å². The summed E-state index contributed by atoms with van der Waals surface area (Å²) in [5.74, 6) is 0. The fraction of sp³-hybridized carbons (Fsp3) is 1.00. The summed E-state index contributed by atoms with van der Waals surface area (Å²) in [4.78, 5) is 0. The molecule has 1 aliphatic heterocycles. The van der Waals surface area contributed by atoms with Crippen molar-refractivity contribution >= 4 is 0 Å². The summed E-state index contributed by atoms with van der Waals surface area (Å²) in [7, 11) is 4.29. The predicted octanol–water partition coefficient (Wildman–Crippen LogP) is -0.0730. The molecule has 1 unspecified atom stereocenters. The monoisotopic (exact) mass is 87.1 g/mol. The molecule has 0 aliphatic carbocycles. The number of nitrogens with one attached hydrogen (secondary N) is 1. The first-order valence-electron chi connectivity index (χ1n) is 2.24. The van der Waals surface area contributed by atoms with E-state index in [9.17, 15) is 0 Å². The van der Waals surface area contributed by atoms with Crippen molar-refractivity contribution in [2.75, 3.05) is 14.1 Å². The molecule has 6 heavy (non-hydrogen) atoms. The molecule has 2 heteroatoms. The molecule has 1 heterocycles. The molecule has 0 radical (unpaired) electrons. The summed E-state index contributed by atoms with van der Waals surface area (Å²) in [5, 5.41) is 0. The Labute approximate surface area is 38.3 Å². The number of quaternary nitrogens is 1. The van der Waals surface area contributed by atoms with Crippen LogP contribution in [0.2, 0.25) is 0 Å². The van der Waals surface area contributed by atoms with E-state index >= 15 is 0 Å². The fourth-order valence-electron chi connectivity index (χ4n) is 0.448. The molecule has 2 nitrogen and oxygen atoms in total. The lowest BCUT2D eigenvalue weighted by Gasteiger charge is -1.94. The minimum Gasteiger partial charge on any atom is -0.227 e. The molecule has 0 saturated carbocycles. The van der Waals surface area contributed by atoms with Crippen LogP contribution in [0.15, 0.2) is 0 Å². The van der Waals surface area contributed by atoms with Crippen molar-refractivity contribution in [2.45, 2.75) is 13.1 Å². The molecule has 1 atom stereocenters. The van der Waals surface area contributed by atoms with Gasteiger partial charge in [0.15, 0.2) is 6.17 Å². The van der Waals surface area contributed by atoms with Crippen LogP contribution >= 0.6 is 0 Å². The smallest absolute Gasteiger partial charge is 0.199 e. The minimum absolute atomic E-state index is 0.685. The maximum absolute atomic E-state index is 3.21. The number of nitrogens with zero attached hydrogens (tertiary/aromatic N) is 1. The Bertz CT molecular complexity index is 67.9. The summed E-state index contributed by atoms with van der Waals surface area (Å²) in [6.45, 7) is 2.17. The minimum atomic E-state index is 0.685. The molecular formula is C4H11N2+. The van der Waals surface area contributed by atoms with E-state index in [0.29, 0.717) is 6.17 Å². The predicted molar refractivity (Wildman–Crippen MR) is 24.7 cm³/mol. The van der Waals surface area contributed by atoms with Crippen LogP contribution in [0.4, 0.5) is 0 Å². The molecule has 1 rings (SSSR count). The molecule has 0 aromatic heterocycles. The molecule has 0 bridgehead atoms. The SMILES string of the molecule is CC1N[N+]1(C)C. The van der Waals surface area contributed by atoms with E-state index in [1.54, 1.807) is 0 Å². The lowest BCUT2D eigenvalue weighted by atomic mass is 10.7. The maximum Gasteiger partial charge on any atom is 0.199 e. The van der Waals surface area contributed by atoms with Gasteiger partial charge in [-0.15, -0.1) is 5.43 Å². The lowest BCUT2D eigenvalue weighted by Crippen LogP contribution is -2.16. The number of hydrogen-bond donors (Lipinski definition) is 1. The molecule has 0 spiro atoms. The van der Waals surface area contributed by atoms with E-state index in [1.807, 2.05) is 0 Å². The average Bonchev–Trinajstić information content (AvgIpc) is 1.73. The van der Waals surface area contributed by atoms with Gasteiger partial charge in [-0.1, -0.05) is 0 Å². The zero-order chi connectivity index (χ0) is 4.78. The van der Waals surface area contributed by atoms with Gasteiger partial charge in [0.1, 0.15) is 0 Å². The summed E-state index contributed by atoms with van der Waals surface area (Å²) < 4.78 is 0.986. The third-order valence-corrected chi connectivity index (χ3v) is 1.42. The Hall–Kier alpha value is -0.0800. The van der Waals surface area contributed by atoms with Gasteiger partial charge in [0.05, 0.1) is 14.1 Å². The van der Waals surface area contributed by atoms with Gasteiger partial charge in [0.25, 0.3) is 0 Å². The molecule has 1 N–H and O–H groups in total. The van der Waals surface area contributed by atoms with Gasteiger partial charge < -0.3 is 0 Å². The van der Waals surface area contributed by atoms with Crippen LogP contribution in [0.5, 0.6) is 0 Å². The topological polar surface area (TPSA) is 21.9 Å². The molecule has 36 valence electrons. The molecule has 0 aromatic rings. The van der Waals surface area contributed by atoms with Crippen molar-refractivity contribution in [1.29, 1.82) is 0 Å². The molecular weight excluding hydrogens is 76.1 g/mol. The van der Waals surface area contributed by atoms with Crippen LogP contribution in [0.1, 0.15) is 6.92 Å². The van der Waals surface area contributed by atoms with E-state index in [1.165, 1.54) is 0 Å². The van der Waals surface area contributed by atoms with Gasteiger partial charge in [0, 0.05) is 6.92 Å². The van der Waals surface area contributed by atoms with Crippen LogP contribution in [-0.2, 0) is 0 Å². The summed E-state index contributed by atoms with van der Waals surface area (Å²) in [6.07, 6.45) is 0.685. The quantitative estimate of drug-likeness (QED) is 0.324. The molecule has 1 saturated heterocycles. The van der Waals surface area contributed by atoms with Crippen LogP contribution < -0.4 is 5.43 Å². The standard InChI is InChI=1S/C4H11N2/c1-4-5-6(4,2)3/h4-5H,1-3H3/q+1. The highest BCUT2D eigenvalue weighted by Crippen LogP contribution is 2.12. The van der Waals surface area contributed by atoms with E-state index in [0.717, 1.165) is 4.59 Å². The summed E-state index contributed by atoms with van der Waals surface area (Å²) >= 11 is 0. The van der Waals surface area contributed by atoms with Crippen molar-refractivity contribution in [3.8, 4) is 0 Å². The molecule has 1 aliphatic rings. The highest BCUT2D eigenvalue weighted by atomic mass is 15.9. The largest absolute Gasteiger partial charge is 0.227 e. The number of hydrogen-bond acceptors (Lipinski definition) is 1. The van der Waals surface area contributed by atoms with Gasteiger partial charge in [-0.25, -0.2) is 4.59 Å². The van der Waals surface area contributed by atoms with Crippen LogP contribution in [0.25, 0.3) is 0 Å². The Balaban J connectivity index is 2.41. The van der Waals surface area contributed by atoms with Crippen LogP contribution in [0, 0.1) is 0 Å². The first-order valence-corrected chi connectivity index (χ1v) is 2.24. The average molecular weight is 87.1 g/mol. The Kier molecular flexibility index (Phi) is 0.524. The zero-order valence-corrected chi connectivity index (χ0v) is 4.52. The number of rotatable bonds is 0. The van der Waals surface area contributed by atoms with Crippen molar-refractivity contribution in [3.05, 3.63) is 0 Å². The van der Waals surface area contributed by atoms with Gasteiger partial charge in [0.2, 0.25) is 0 Å². The van der Waals surface area contributed by atoms with Crippen molar-refractivity contribution in [2.24, 2.45) is 0 Å². The van der Waals surface area contributed by atoms with Crippen molar-refractivity contribution < 1.29 is 4.59 Å². The first-order chi connectivity index (χ1) is 2.63. The zero-order valence-electron chi connectivity index (χ0n) is 4.52. The second-order valence-electron chi connectivity index (χ2n) is 2.34. The highest BCUT2D eigenvalue weighted by molar-refractivity contribution is 4.47. The maximum atomic E-state index is 3.21. The van der Waals surface area contributed by atoms with E-state index in [2.05, 4.69) is 26.4 Å². The van der Waals surface area contributed by atoms with Crippen LogP contribution in [-0.4, -0.2) is 24.9 Å². The van der Waals surface area contributed by atoms with E-state index in [-0.39, 0.29) is 0 Å². The molecule has 0 amide bonds. The summed E-state index contributed by atoms with van der Waals surface area (Å²) in [6, 6.07) is 0. The molecule has 0 aromatic carbocycles. The lowest BCUT2D eigenvalue weighted by molar-refractivity contribution is -0.793. The van der Waals surface area contributed by atoms with Gasteiger partial charge in [-0.05, 0) is 0 Å². The Morgan fingerprint density at radius 1 is 1.50 bits per heavy atom. The van der Waals surface area contributed by atoms with Gasteiger partial charge in [-0.2, -0.15) is 0 Å². The normalized spacial score (nSPS) is 39.5. The second kappa shape index (κ2) is 0.768.